The van der Waals surface area contributed by atoms with Crippen LogP contribution in [0, 0.1) is 12.8 Å². The number of piperidine rings is 1. The van der Waals surface area contributed by atoms with E-state index in [9.17, 15) is 8.42 Å². The van der Waals surface area contributed by atoms with E-state index in [4.69, 9.17) is 0 Å². The Labute approximate surface area is 121 Å². The van der Waals surface area contributed by atoms with Crippen LogP contribution in [0.1, 0.15) is 32.0 Å². The molecule has 1 fully saturated rings. The van der Waals surface area contributed by atoms with Crippen LogP contribution in [0.4, 0.5) is 0 Å². The number of hydrogen-bond acceptors (Lipinski definition) is 4. The van der Waals surface area contributed by atoms with Gasteiger partial charge >= 0.3 is 0 Å². The van der Waals surface area contributed by atoms with Crippen molar-refractivity contribution in [3.63, 3.8) is 0 Å². The van der Waals surface area contributed by atoms with E-state index in [2.05, 4.69) is 22.2 Å². The van der Waals surface area contributed by atoms with Crippen molar-refractivity contribution >= 4 is 10.0 Å². The summed E-state index contributed by atoms with van der Waals surface area (Å²) in [6.07, 6.45) is 4.52. The average molecular weight is 300 g/mol. The van der Waals surface area contributed by atoms with Gasteiger partial charge in [0, 0.05) is 13.1 Å². The molecular weight excluding hydrogens is 276 g/mol. The smallest absolute Gasteiger partial charge is 0.260 e. The van der Waals surface area contributed by atoms with Gasteiger partial charge in [-0.1, -0.05) is 6.92 Å². The fraction of sp³-hybridized carbons (Fsp3) is 0.769. The number of nitrogens with zero attached hydrogens (tertiary/aromatic N) is 2. The molecule has 0 aromatic carbocycles. The van der Waals surface area contributed by atoms with Gasteiger partial charge in [-0.05, 0) is 45.2 Å². The molecule has 1 aromatic heterocycles. The molecule has 1 aromatic rings. The maximum absolute atomic E-state index is 12.5. The van der Waals surface area contributed by atoms with Crippen LogP contribution in [-0.4, -0.2) is 48.9 Å². The van der Waals surface area contributed by atoms with E-state index in [1.54, 1.807) is 11.2 Å². The number of nitrogens with one attached hydrogen (secondary N) is 2. The number of aryl methyl sites for hydroxylation is 1. The highest BCUT2D eigenvalue weighted by molar-refractivity contribution is 7.89. The number of rotatable bonds is 6. The first kappa shape index (κ1) is 15.5. The third-order valence-electron chi connectivity index (χ3n) is 3.64. The summed E-state index contributed by atoms with van der Waals surface area (Å²) in [5, 5.41) is 3.58. The van der Waals surface area contributed by atoms with Crippen molar-refractivity contribution in [3.8, 4) is 0 Å². The number of aromatic amines is 1. The molecule has 1 aliphatic heterocycles. The highest BCUT2D eigenvalue weighted by atomic mass is 32.2. The molecule has 1 atom stereocenters. The van der Waals surface area contributed by atoms with Crippen LogP contribution in [0.5, 0.6) is 0 Å². The molecule has 0 radical (unpaired) electrons. The summed E-state index contributed by atoms with van der Waals surface area (Å²) < 4.78 is 26.6. The molecule has 1 saturated heterocycles. The van der Waals surface area contributed by atoms with Gasteiger partial charge in [0.15, 0.2) is 5.03 Å². The Kier molecular flexibility index (Phi) is 5.17. The molecule has 6 nitrogen and oxygen atoms in total. The van der Waals surface area contributed by atoms with E-state index in [-0.39, 0.29) is 5.03 Å². The van der Waals surface area contributed by atoms with E-state index in [1.807, 2.05) is 0 Å². The lowest BCUT2D eigenvalue weighted by molar-refractivity contribution is 0.260. The fourth-order valence-electron chi connectivity index (χ4n) is 2.56. The number of imidazole rings is 1. The van der Waals surface area contributed by atoms with E-state index < -0.39 is 10.0 Å². The van der Waals surface area contributed by atoms with Crippen molar-refractivity contribution in [2.75, 3.05) is 26.2 Å². The molecule has 114 valence electrons. The van der Waals surface area contributed by atoms with Crippen molar-refractivity contribution in [2.45, 2.75) is 38.1 Å². The predicted molar refractivity (Wildman–Crippen MR) is 78.0 cm³/mol. The second-order valence-electron chi connectivity index (χ2n) is 5.41. The van der Waals surface area contributed by atoms with Crippen molar-refractivity contribution in [2.24, 2.45) is 5.92 Å². The molecule has 0 spiro atoms. The van der Waals surface area contributed by atoms with Crippen molar-refractivity contribution in [1.82, 2.24) is 19.6 Å². The Bertz CT molecular complexity index is 526. The number of aromatic nitrogens is 2. The predicted octanol–water partition coefficient (Wildman–Crippen LogP) is 1.12. The monoisotopic (exact) mass is 300 g/mol. The van der Waals surface area contributed by atoms with Gasteiger partial charge in [-0.2, -0.15) is 4.31 Å². The minimum atomic E-state index is -3.42. The first-order valence-electron chi connectivity index (χ1n) is 7.26. The summed E-state index contributed by atoms with van der Waals surface area (Å²) in [4.78, 5) is 6.81. The van der Waals surface area contributed by atoms with Crippen LogP contribution in [0.25, 0.3) is 0 Å². The molecule has 7 heteroatoms. The average Bonchev–Trinajstić information content (AvgIpc) is 2.87. The Morgan fingerprint density at radius 2 is 2.35 bits per heavy atom. The summed E-state index contributed by atoms with van der Waals surface area (Å²) in [5.74, 6) is 1.02. The molecule has 0 aliphatic carbocycles. The number of H-pyrrole nitrogens is 1. The van der Waals surface area contributed by atoms with Gasteiger partial charge in [-0.25, -0.2) is 13.4 Å². The molecule has 0 bridgehead atoms. The summed E-state index contributed by atoms with van der Waals surface area (Å²) in [5.41, 5.74) is 0. The first-order valence-corrected chi connectivity index (χ1v) is 8.70. The zero-order valence-electron chi connectivity index (χ0n) is 12.2. The Hall–Kier alpha value is -0.920. The molecule has 0 amide bonds. The second-order valence-corrected chi connectivity index (χ2v) is 7.31. The van der Waals surface area contributed by atoms with Crippen molar-refractivity contribution in [3.05, 3.63) is 12.0 Å². The molecule has 2 rings (SSSR count). The molecule has 20 heavy (non-hydrogen) atoms. The Morgan fingerprint density at radius 3 is 3.00 bits per heavy atom. The summed E-state index contributed by atoms with van der Waals surface area (Å²) in [6.45, 7) is 6.96. The maximum atomic E-state index is 12.5. The van der Waals surface area contributed by atoms with Gasteiger partial charge in [0.05, 0.1) is 6.20 Å². The van der Waals surface area contributed by atoms with E-state index in [1.165, 1.54) is 6.20 Å². The lowest BCUT2D eigenvalue weighted by Crippen LogP contribution is -2.43. The van der Waals surface area contributed by atoms with E-state index >= 15 is 0 Å². The van der Waals surface area contributed by atoms with Gasteiger partial charge in [0.25, 0.3) is 10.0 Å². The van der Waals surface area contributed by atoms with E-state index in [0.29, 0.717) is 24.8 Å². The highest BCUT2D eigenvalue weighted by Crippen LogP contribution is 2.22. The van der Waals surface area contributed by atoms with Gasteiger partial charge in [-0.15, -0.1) is 0 Å². The molecule has 1 unspecified atom stereocenters. The minimum Gasteiger partial charge on any atom is -0.332 e. The summed E-state index contributed by atoms with van der Waals surface area (Å²) in [6, 6.07) is 0. The topological polar surface area (TPSA) is 78.1 Å². The SMILES string of the molecule is CCCNCC1CCCN(S(=O)(=O)c2cnc(C)[nH]2)C1. The zero-order chi connectivity index (χ0) is 14.6. The number of sulfonamides is 1. The molecular formula is C13H24N4O2S. The quantitative estimate of drug-likeness (QED) is 0.772. The maximum Gasteiger partial charge on any atom is 0.260 e. The van der Waals surface area contributed by atoms with Crippen LogP contribution in [0.15, 0.2) is 11.2 Å². The normalized spacial score (nSPS) is 21.2. The van der Waals surface area contributed by atoms with E-state index in [0.717, 1.165) is 32.4 Å². The van der Waals surface area contributed by atoms with Crippen LogP contribution >= 0.6 is 0 Å². The first-order chi connectivity index (χ1) is 9.54. The molecule has 2 heterocycles. The van der Waals surface area contributed by atoms with Crippen LogP contribution in [0.3, 0.4) is 0 Å². The second kappa shape index (κ2) is 6.69. The lowest BCUT2D eigenvalue weighted by Gasteiger charge is -2.31. The van der Waals surface area contributed by atoms with Crippen LogP contribution < -0.4 is 5.32 Å². The third kappa shape index (κ3) is 3.59. The van der Waals surface area contributed by atoms with Crippen molar-refractivity contribution in [1.29, 1.82) is 0 Å². The van der Waals surface area contributed by atoms with Crippen LogP contribution in [-0.2, 0) is 10.0 Å². The third-order valence-corrected chi connectivity index (χ3v) is 5.41. The van der Waals surface area contributed by atoms with Gasteiger partial charge in [-0.3, -0.25) is 0 Å². The molecule has 1 aliphatic rings. The van der Waals surface area contributed by atoms with Gasteiger partial charge < -0.3 is 10.3 Å². The number of hydrogen-bond donors (Lipinski definition) is 2. The summed E-state index contributed by atoms with van der Waals surface area (Å²) in [7, 11) is -3.42. The van der Waals surface area contributed by atoms with Gasteiger partial charge in [0.2, 0.25) is 0 Å². The van der Waals surface area contributed by atoms with Crippen molar-refractivity contribution < 1.29 is 8.42 Å². The zero-order valence-corrected chi connectivity index (χ0v) is 13.0. The lowest BCUT2D eigenvalue weighted by atomic mass is 10.00. The Balaban J connectivity index is 2.01. The Morgan fingerprint density at radius 1 is 1.55 bits per heavy atom. The largest absolute Gasteiger partial charge is 0.332 e. The molecule has 2 N–H and O–H groups in total. The highest BCUT2D eigenvalue weighted by Gasteiger charge is 2.31. The fourth-order valence-corrected chi connectivity index (χ4v) is 4.08. The minimum absolute atomic E-state index is 0.206. The standard InChI is InChI=1S/C13H24N4O2S/c1-3-6-14-8-12-5-4-7-17(10-12)20(18,19)13-9-15-11(2)16-13/h9,12,14H,3-8,10H2,1-2H3,(H,15,16). The summed E-state index contributed by atoms with van der Waals surface area (Å²) >= 11 is 0. The molecule has 0 saturated carbocycles. The van der Waals surface area contributed by atoms with Gasteiger partial charge in [0.1, 0.15) is 5.82 Å². The van der Waals surface area contributed by atoms with Crippen LogP contribution in [0.2, 0.25) is 0 Å².